The van der Waals surface area contributed by atoms with Crippen molar-refractivity contribution in [2.45, 2.75) is 51.2 Å². The number of unbranched alkanes of at least 4 members (excludes halogenated alkanes) is 4. The summed E-state index contributed by atoms with van der Waals surface area (Å²) >= 11 is 0. The summed E-state index contributed by atoms with van der Waals surface area (Å²) in [5.74, 6) is 0. The first-order chi connectivity index (χ1) is 11.3. The van der Waals surface area contributed by atoms with Gasteiger partial charge in [0.15, 0.2) is 0 Å². The normalized spacial score (nSPS) is 13.1. The van der Waals surface area contributed by atoms with Crippen LogP contribution in [0.4, 0.5) is 0 Å². The Labute approximate surface area is 152 Å². The van der Waals surface area contributed by atoms with E-state index in [0.29, 0.717) is 0 Å². The molecule has 0 aliphatic heterocycles. The maximum absolute atomic E-state index is 10.8. The zero-order valence-corrected chi connectivity index (χ0v) is 15.3. The number of benzene rings is 2. The van der Waals surface area contributed by atoms with Crippen LogP contribution in [-0.4, -0.2) is 11.7 Å². The van der Waals surface area contributed by atoms with Gasteiger partial charge in [-0.1, -0.05) is 93.3 Å². The summed E-state index contributed by atoms with van der Waals surface area (Å²) in [5.41, 5.74) is 2.09. The third-order valence-corrected chi connectivity index (χ3v) is 4.26. The average molecular weight is 348 g/mol. The van der Waals surface area contributed by atoms with E-state index >= 15 is 0 Å². The van der Waals surface area contributed by atoms with Crippen LogP contribution < -0.4 is 5.32 Å². The predicted molar refractivity (Wildman–Crippen MR) is 105 cm³/mol. The molecule has 0 bridgehead atoms. The molecule has 2 rings (SSSR count). The topological polar surface area (TPSA) is 32.3 Å². The molecule has 2 unspecified atom stereocenters. The van der Waals surface area contributed by atoms with Crippen molar-refractivity contribution in [3.05, 3.63) is 71.8 Å². The lowest BCUT2D eigenvalue weighted by Crippen LogP contribution is -2.28. The molecule has 3 heteroatoms. The lowest BCUT2D eigenvalue weighted by atomic mass is 9.95. The van der Waals surface area contributed by atoms with Gasteiger partial charge in [-0.25, -0.2) is 0 Å². The second-order valence-corrected chi connectivity index (χ2v) is 6.11. The lowest BCUT2D eigenvalue weighted by Gasteiger charge is -2.25. The fourth-order valence-electron chi connectivity index (χ4n) is 2.90. The van der Waals surface area contributed by atoms with Crippen LogP contribution in [0.2, 0.25) is 0 Å². The number of rotatable bonds is 10. The first-order valence-electron chi connectivity index (χ1n) is 8.84. The maximum atomic E-state index is 10.8. The minimum Gasteiger partial charge on any atom is -0.386 e. The monoisotopic (exact) mass is 347 g/mol. The van der Waals surface area contributed by atoms with Crippen molar-refractivity contribution in [3.8, 4) is 0 Å². The van der Waals surface area contributed by atoms with Crippen molar-refractivity contribution < 1.29 is 5.11 Å². The van der Waals surface area contributed by atoms with Crippen molar-refractivity contribution >= 4 is 12.4 Å². The molecule has 2 aromatic carbocycles. The van der Waals surface area contributed by atoms with Crippen molar-refractivity contribution in [3.63, 3.8) is 0 Å². The minimum atomic E-state index is -0.533. The van der Waals surface area contributed by atoms with Gasteiger partial charge in [-0.05, 0) is 24.1 Å². The Hall–Kier alpha value is -1.35. The highest BCUT2D eigenvalue weighted by Crippen LogP contribution is 2.28. The molecule has 0 spiro atoms. The van der Waals surface area contributed by atoms with Crippen LogP contribution in [0.25, 0.3) is 0 Å². The van der Waals surface area contributed by atoms with Gasteiger partial charge < -0.3 is 10.4 Å². The molecule has 0 aliphatic carbocycles. The molecule has 0 fully saturated rings. The lowest BCUT2D eigenvalue weighted by molar-refractivity contribution is 0.128. The van der Waals surface area contributed by atoms with Crippen LogP contribution in [0.3, 0.4) is 0 Å². The van der Waals surface area contributed by atoms with Crippen molar-refractivity contribution in [2.75, 3.05) is 6.54 Å². The predicted octanol–water partition coefficient (Wildman–Crippen LogP) is 5.44. The number of hydrogen-bond donors (Lipinski definition) is 2. The molecule has 2 atom stereocenters. The van der Waals surface area contributed by atoms with Gasteiger partial charge in [0.2, 0.25) is 0 Å². The van der Waals surface area contributed by atoms with Gasteiger partial charge in [0.25, 0.3) is 0 Å². The molecule has 0 radical (unpaired) electrons. The van der Waals surface area contributed by atoms with E-state index in [0.717, 1.165) is 24.1 Å². The summed E-state index contributed by atoms with van der Waals surface area (Å²) in [5, 5.41) is 14.4. The number of aliphatic hydroxyl groups is 1. The molecule has 0 saturated heterocycles. The Morgan fingerprint density at radius 3 is 1.92 bits per heavy atom. The van der Waals surface area contributed by atoms with Gasteiger partial charge in [0.05, 0.1) is 12.1 Å². The van der Waals surface area contributed by atoms with E-state index in [1.54, 1.807) is 0 Å². The fourth-order valence-corrected chi connectivity index (χ4v) is 2.90. The summed E-state index contributed by atoms with van der Waals surface area (Å²) < 4.78 is 0. The summed E-state index contributed by atoms with van der Waals surface area (Å²) in [6.07, 6.45) is 5.76. The molecule has 132 valence electrons. The molecule has 24 heavy (non-hydrogen) atoms. The third kappa shape index (κ3) is 6.64. The van der Waals surface area contributed by atoms with Gasteiger partial charge >= 0.3 is 0 Å². The largest absolute Gasteiger partial charge is 0.386 e. The first kappa shape index (κ1) is 20.7. The Morgan fingerprint density at radius 2 is 1.33 bits per heavy atom. The smallest absolute Gasteiger partial charge is 0.0984 e. The quantitative estimate of drug-likeness (QED) is 0.560. The Balaban J connectivity index is 0.00000288. The minimum absolute atomic E-state index is 0. The van der Waals surface area contributed by atoms with Gasteiger partial charge in [-0.3, -0.25) is 0 Å². The van der Waals surface area contributed by atoms with Crippen LogP contribution in [0.15, 0.2) is 60.7 Å². The van der Waals surface area contributed by atoms with Crippen molar-refractivity contribution in [2.24, 2.45) is 0 Å². The Bertz CT molecular complexity index is 532. The zero-order valence-electron chi connectivity index (χ0n) is 14.5. The Morgan fingerprint density at radius 1 is 0.792 bits per heavy atom. The highest BCUT2D eigenvalue weighted by molar-refractivity contribution is 5.85. The van der Waals surface area contributed by atoms with Crippen LogP contribution in [0.1, 0.15) is 62.3 Å². The van der Waals surface area contributed by atoms with Gasteiger partial charge in [0.1, 0.15) is 0 Å². The summed E-state index contributed by atoms with van der Waals surface area (Å²) in [7, 11) is 0. The molecular weight excluding hydrogens is 318 g/mol. The molecule has 0 saturated carbocycles. The van der Waals surface area contributed by atoms with Crippen molar-refractivity contribution in [1.82, 2.24) is 5.32 Å². The average Bonchev–Trinajstić information content (AvgIpc) is 2.62. The summed E-state index contributed by atoms with van der Waals surface area (Å²) in [6, 6.07) is 20.1. The van der Waals surface area contributed by atoms with E-state index in [1.165, 1.54) is 25.7 Å². The zero-order chi connectivity index (χ0) is 16.3. The third-order valence-electron chi connectivity index (χ3n) is 4.26. The van der Waals surface area contributed by atoms with Gasteiger partial charge in [0, 0.05) is 0 Å². The number of aliphatic hydroxyl groups excluding tert-OH is 1. The van der Waals surface area contributed by atoms with E-state index in [9.17, 15) is 5.11 Å². The molecule has 2 aromatic rings. The summed E-state index contributed by atoms with van der Waals surface area (Å²) in [6.45, 7) is 3.17. The van der Waals surface area contributed by atoms with Crippen molar-refractivity contribution in [1.29, 1.82) is 0 Å². The molecule has 0 heterocycles. The van der Waals surface area contributed by atoms with E-state index < -0.39 is 6.10 Å². The van der Waals surface area contributed by atoms with E-state index in [2.05, 4.69) is 24.4 Å². The second-order valence-electron chi connectivity index (χ2n) is 6.11. The highest BCUT2D eigenvalue weighted by Gasteiger charge is 2.21. The first-order valence-corrected chi connectivity index (χ1v) is 8.84. The highest BCUT2D eigenvalue weighted by atomic mass is 35.5. The molecule has 0 amide bonds. The molecule has 2 nitrogen and oxygen atoms in total. The van der Waals surface area contributed by atoms with Gasteiger partial charge in [-0.15, -0.1) is 12.4 Å². The molecule has 2 N–H and O–H groups in total. The molecule has 0 aliphatic rings. The van der Waals surface area contributed by atoms with E-state index in [4.69, 9.17) is 0 Å². The van der Waals surface area contributed by atoms with E-state index in [-0.39, 0.29) is 18.4 Å². The number of nitrogens with one attached hydrogen (secondary N) is 1. The fraction of sp³-hybridized carbons (Fsp3) is 0.429. The number of hydrogen-bond acceptors (Lipinski definition) is 2. The SMILES string of the molecule is CCCCCCCNC(c1ccccc1)C(O)c1ccccc1.Cl. The molecular formula is C21H30ClNO. The Kier molecular flexibility index (Phi) is 10.4. The van der Waals surface area contributed by atoms with Gasteiger partial charge in [-0.2, -0.15) is 0 Å². The molecule has 0 aromatic heterocycles. The second kappa shape index (κ2) is 12.1. The maximum Gasteiger partial charge on any atom is 0.0984 e. The standard InChI is InChI=1S/C21H29NO.ClH/c1-2-3-4-5-12-17-22-20(18-13-8-6-9-14-18)21(23)19-15-10-7-11-16-19;/h6-11,13-16,20-23H,2-5,12,17H2,1H3;1H. The number of halogens is 1. The van der Waals surface area contributed by atoms with E-state index in [1.807, 2.05) is 48.5 Å². The van der Waals surface area contributed by atoms with Crippen LogP contribution in [0.5, 0.6) is 0 Å². The van der Waals surface area contributed by atoms with Crippen LogP contribution in [0, 0.1) is 0 Å². The van der Waals surface area contributed by atoms with Crippen LogP contribution in [-0.2, 0) is 0 Å². The van der Waals surface area contributed by atoms with Crippen LogP contribution >= 0.6 is 12.4 Å². The summed E-state index contributed by atoms with van der Waals surface area (Å²) in [4.78, 5) is 0.